The van der Waals surface area contributed by atoms with Crippen LogP contribution in [0.4, 0.5) is 0 Å². The summed E-state index contributed by atoms with van der Waals surface area (Å²) < 4.78 is 31.1. The van der Waals surface area contributed by atoms with Crippen molar-refractivity contribution in [2.24, 2.45) is 0 Å². The molecule has 5 rings (SSSR count). The zero-order valence-corrected chi connectivity index (χ0v) is 20.9. The van der Waals surface area contributed by atoms with Gasteiger partial charge in [0.25, 0.3) is 0 Å². The van der Waals surface area contributed by atoms with Gasteiger partial charge in [0.15, 0.2) is 5.65 Å². The molecule has 4 heterocycles. The minimum absolute atomic E-state index is 0.0789. The number of aromatic amines is 1. The van der Waals surface area contributed by atoms with Crippen molar-refractivity contribution >= 4 is 26.4 Å². The Balaban J connectivity index is 1.51. The molecular weight excluding hydrogens is 450 g/mol. The van der Waals surface area contributed by atoms with Gasteiger partial charge in [-0.1, -0.05) is 19.9 Å². The van der Waals surface area contributed by atoms with E-state index in [1.807, 2.05) is 10.7 Å². The summed E-state index contributed by atoms with van der Waals surface area (Å²) in [6.07, 6.45) is 4.81. The van der Waals surface area contributed by atoms with E-state index in [2.05, 4.69) is 65.0 Å². The Hall–Kier alpha value is -2.75. The number of aromatic nitrogens is 4. The number of aryl methyl sites for hydroxylation is 1. The molecule has 0 aliphatic carbocycles. The maximum atomic E-state index is 11.6. The summed E-state index contributed by atoms with van der Waals surface area (Å²) in [6.45, 7) is 9.06. The minimum atomic E-state index is -2.98. The average molecular weight is 482 g/mol. The molecule has 4 aromatic rings. The molecule has 1 aromatic carbocycles. The zero-order chi connectivity index (χ0) is 24.0. The molecule has 0 radical (unpaired) electrons. The number of morpholine rings is 1. The van der Waals surface area contributed by atoms with Crippen molar-refractivity contribution in [1.29, 1.82) is 0 Å². The van der Waals surface area contributed by atoms with E-state index in [1.54, 1.807) is 6.33 Å². The number of H-pyrrole nitrogens is 1. The highest BCUT2D eigenvalue weighted by atomic mass is 32.2. The molecule has 1 aliphatic rings. The van der Waals surface area contributed by atoms with Gasteiger partial charge in [0, 0.05) is 48.6 Å². The van der Waals surface area contributed by atoms with E-state index in [0.29, 0.717) is 25.6 Å². The first-order chi connectivity index (χ1) is 16.2. The van der Waals surface area contributed by atoms with Crippen molar-refractivity contribution in [2.45, 2.75) is 32.8 Å². The van der Waals surface area contributed by atoms with Gasteiger partial charge < -0.3 is 9.72 Å². The SMILES string of the molecule is Cc1cc(-c2[nH]c3ccc(C4CN(CCS(C)(=O)=O)CCO4)cc3c2C(C)C)cn2ncnc12. The highest BCUT2D eigenvalue weighted by Crippen LogP contribution is 2.37. The number of nitrogens with zero attached hydrogens (tertiary/aromatic N) is 4. The Morgan fingerprint density at radius 1 is 1.26 bits per heavy atom. The second-order valence-electron chi connectivity index (χ2n) is 9.60. The molecule has 0 spiro atoms. The number of pyridine rings is 1. The van der Waals surface area contributed by atoms with Crippen LogP contribution in [0.2, 0.25) is 0 Å². The molecule has 34 heavy (non-hydrogen) atoms. The number of ether oxygens (including phenoxy) is 1. The zero-order valence-electron chi connectivity index (χ0n) is 20.1. The van der Waals surface area contributed by atoms with Gasteiger partial charge in [-0.05, 0) is 47.7 Å². The van der Waals surface area contributed by atoms with Crippen LogP contribution in [0.5, 0.6) is 0 Å². The lowest BCUT2D eigenvalue weighted by Gasteiger charge is -2.33. The van der Waals surface area contributed by atoms with Crippen LogP contribution in [0.3, 0.4) is 0 Å². The molecule has 1 fully saturated rings. The van der Waals surface area contributed by atoms with Gasteiger partial charge in [0.05, 0.1) is 24.2 Å². The van der Waals surface area contributed by atoms with Crippen LogP contribution in [-0.4, -0.2) is 71.1 Å². The second-order valence-corrected chi connectivity index (χ2v) is 11.9. The van der Waals surface area contributed by atoms with E-state index >= 15 is 0 Å². The largest absolute Gasteiger partial charge is 0.371 e. The standard InChI is InChI=1S/C25H31N5O3S/c1-16(2)23-20-12-18(22-14-29(7-9-33-22)8-10-34(4,31)32)5-6-21(20)28-24(23)19-11-17(3)25-26-15-27-30(25)13-19/h5-6,11-13,15-16,22,28H,7-10,14H2,1-4H3. The molecule has 1 aliphatic heterocycles. The summed E-state index contributed by atoms with van der Waals surface area (Å²) in [4.78, 5) is 10.2. The fraction of sp³-hybridized carbons (Fsp3) is 0.440. The Labute approximate surface area is 199 Å². The molecule has 1 unspecified atom stereocenters. The van der Waals surface area contributed by atoms with Crippen LogP contribution in [0.15, 0.2) is 36.8 Å². The first-order valence-electron chi connectivity index (χ1n) is 11.7. The minimum Gasteiger partial charge on any atom is -0.371 e. The Morgan fingerprint density at radius 2 is 2.09 bits per heavy atom. The lowest BCUT2D eigenvalue weighted by molar-refractivity contribution is -0.0278. The maximum Gasteiger partial charge on any atom is 0.158 e. The average Bonchev–Trinajstić information content (AvgIpc) is 3.42. The summed E-state index contributed by atoms with van der Waals surface area (Å²) >= 11 is 0. The van der Waals surface area contributed by atoms with Gasteiger partial charge in [0.1, 0.15) is 16.2 Å². The van der Waals surface area contributed by atoms with Crippen LogP contribution >= 0.6 is 0 Å². The Kier molecular flexibility index (Phi) is 5.95. The normalized spacial score (nSPS) is 17.9. The molecule has 8 nitrogen and oxygen atoms in total. The van der Waals surface area contributed by atoms with E-state index in [4.69, 9.17) is 4.74 Å². The van der Waals surface area contributed by atoms with Crippen molar-refractivity contribution in [3.05, 3.63) is 53.5 Å². The van der Waals surface area contributed by atoms with Crippen molar-refractivity contribution in [1.82, 2.24) is 24.5 Å². The summed E-state index contributed by atoms with van der Waals surface area (Å²) in [5, 5.41) is 5.53. The van der Waals surface area contributed by atoms with Crippen molar-refractivity contribution in [3.63, 3.8) is 0 Å². The molecule has 0 amide bonds. The third kappa shape index (κ3) is 4.47. The number of benzene rings is 1. The van der Waals surface area contributed by atoms with Gasteiger partial charge >= 0.3 is 0 Å². The summed E-state index contributed by atoms with van der Waals surface area (Å²) in [5.41, 5.74) is 7.59. The molecule has 1 N–H and O–H groups in total. The number of hydrogen-bond donors (Lipinski definition) is 1. The highest BCUT2D eigenvalue weighted by molar-refractivity contribution is 7.90. The predicted molar refractivity (Wildman–Crippen MR) is 134 cm³/mol. The molecule has 1 atom stereocenters. The Bertz CT molecular complexity index is 1450. The second kappa shape index (κ2) is 8.79. The molecule has 0 saturated carbocycles. The fourth-order valence-corrected chi connectivity index (χ4v) is 5.48. The summed E-state index contributed by atoms with van der Waals surface area (Å²) in [7, 11) is -2.98. The maximum absolute atomic E-state index is 11.6. The van der Waals surface area contributed by atoms with Crippen LogP contribution in [0, 0.1) is 6.92 Å². The first kappa shape index (κ1) is 23.0. The van der Waals surface area contributed by atoms with E-state index < -0.39 is 9.84 Å². The van der Waals surface area contributed by atoms with Gasteiger partial charge in [-0.25, -0.2) is 17.9 Å². The van der Waals surface area contributed by atoms with E-state index in [1.165, 1.54) is 17.2 Å². The monoisotopic (exact) mass is 481 g/mol. The van der Waals surface area contributed by atoms with E-state index in [9.17, 15) is 8.42 Å². The van der Waals surface area contributed by atoms with Gasteiger partial charge in [-0.2, -0.15) is 5.10 Å². The lowest BCUT2D eigenvalue weighted by Crippen LogP contribution is -2.40. The highest BCUT2D eigenvalue weighted by Gasteiger charge is 2.24. The van der Waals surface area contributed by atoms with Crippen LogP contribution in [0.25, 0.3) is 27.8 Å². The van der Waals surface area contributed by atoms with Gasteiger partial charge in [-0.15, -0.1) is 0 Å². The fourth-order valence-electron chi connectivity index (χ4n) is 4.89. The van der Waals surface area contributed by atoms with E-state index in [0.717, 1.165) is 40.1 Å². The van der Waals surface area contributed by atoms with E-state index in [-0.39, 0.29) is 11.9 Å². The smallest absolute Gasteiger partial charge is 0.158 e. The lowest BCUT2D eigenvalue weighted by atomic mass is 9.94. The van der Waals surface area contributed by atoms with Crippen LogP contribution in [0.1, 0.15) is 42.6 Å². The topological polar surface area (TPSA) is 92.6 Å². The summed E-state index contributed by atoms with van der Waals surface area (Å²) in [5.74, 6) is 0.483. The van der Waals surface area contributed by atoms with Gasteiger partial charge in [0.2, 0.25) is 0 Å². The Morgan fingerprint density at radius 3 is 2.85 bits per heavy atom. The third-order valence-corrected chi connectivity index (χ3v) is 7.51. The number of fused-ring (bicyclic) bond motifs is 2. The molecule has 0 bridgehead atoms. The van der Waals surface area contributed by atoms with Crippen molar-refractivity contribution in [3.8, 4) is 11.3 Å². The van der Waals surface area contributed by atoms with Crippen molar-refractivity contribution < 1.29 is 13.2 Å². The quantitative estimate of drug-likeness (QED) is 0.451. The van der Waals surface area contributed by atoms with Crippen LogP contribution in [-0.2, 0) is 14.6 Å². The predicted octanol–water partition coefficient (Wildman–Crippen LogP) is 3.73. The molecule has 1 saturated heterocycles. The van der Waals surface area contributed by atoms with Gasteiger partial charge in [-0.3, -0.25) is 4.90 Å². The number of nitrogens with one attached hydrogen (secondary N) is 1. The third-order valence-electron chi connectivity index (χ3n) is 6.59. The number of sulfone groups is 1. The summed E-state index contributed by atoms with van der Waals surface area (Å²) in [6, 6.07) is 8.63. The molecular formula is C25H31N5O3S. The molecule has 180 valence electrons. The molecule has 9 heteroatoms. The van der Waals surface area contributed by atoms with Crippen LogP contribution < -0.4 is 0 Å². The van der Waals surface area contributed by atoms with Crippen molar-refractivity contribution in [2.75, 3.05) is 38.2 Å². The number of hydrogen-bond acceptors (Lipinski definition) is 6. The first-order valence-corrected chi connectivity index (χ1v) is 13.7. The number of rotatable bonds is 6. The molecule has 3 aromatic heterocycles.